The van der Waals surface area contributed by atoms with Gasteiger partial charge in [0.15, 0.2) is 0 Å². The molecule has 0 saturated carbocycles. The Morgan fingerprint density at radius 1 is 1.06 bits per heavy atom. The number of halogens is 3. The number of hydrogen-bond donors (Lipinski definition) is 3. The number of nitrogens with two attached hydrogens (primary N) is 1. The second-order valence-corrected chi connectivity index (χ2v) is 9.50. The average molecular weight is 507 g/mol. The van der Waals surface area contributed by atoms with Crippen LogP contribution in [-0.2, 0) is 34.3 Å². The highest BCUT2D eigenvalue weighted by molar-refractivity contribution is 7.87. The van der Waals surface area contributed by atoms with E-state index in [9.17, 15) is 26.4 Å². The highest BCUT2D eigenvalue weighted by atomic mass is 32.2. The molecule has 2 aromatic carbocycles. The lowest BCUT2D eigenvalue weighted by Crippen LogP contribution is -2.30. The van der Waals surface area contributed by atoms with E-state index in [0.717, 1.165) is 11.6 Å². The lowest BCUT2D eigenvalue weighted by Gasteiger charge is -2.16. The van der Waals surface area contributed by atoms with Gasteiger partial charge >= 0.3 is 6.18 Å². The molecule has 3 rings (SSSR count). The smallest absolute Gasteiger partial charge is 0.351 e. The van der Waals surface area contributed by atoms with Crippen LogP contribution in [-0.4, -0.2) is 19.3 Å². The average Bonchev–Trinajstić information content (AvgIpc) is 2.80. The molecular formula is C24H25F3N4O3S. The first kappa shape index (κ1) is 26.3. The highest BCUT2D eigenvalue weighted by Gasteiger charge is 2.33. The van der Waals surface area contributed by atoms with Crippen LogP contribution in [0.5, 0.6) is 0 Å². The van der Waals surface area contributed by atoms with Crippen molar-refractivity contribution in [2.45, 2.75) is 39.0 Å². The lowest BCUT2D eigenvalue weighted by molar-refractivity contribution is -0.141. The molecule has 1 heterocycles. The minimum atomic E-state index is -4.59. The van der Waals surface area contributed by atoms with E-state index in [0.29, 0.717) is 22.3 Å². The lowest BCUT2D eigenvalue weighted by atomic mass is 9.98. The Balaban J connectivity index is 1.75. The minimum Gasteiger partial charge on any atom is -0.351 e. The molecule has 4 N–H and O–H groups in total. The van der Waals surface area contributed by atoms with E-state index in [1.54, 1.807) is 49.4 Å². The number of alkyl halides is 3. The maximum Gasteiger partial charge on any atom is 0.433 e. The van der Waals surface area contributed by atoms with Crippen molar-refractivity contribution in [3.63, 3.8) is 0 Å². The van der Waals surface area contributed by atoms with Gasteiger partial charge in [-0.2, -0.15) is 26.3 Å². The number of rotatable bonds is 8. The molecule has 0 bridgehead atoms. The summed E-state index contributed by atoms with van der Waals surface area (Å²) in [5.41, 5.74) is 2.34. The first-order valence-electron chi connectivity index (χ1n) is 10.6. The zero-order chi connectivity index (χ0) is 25.8. The van der Waals surface area contributed by atoms with Crippen molar-refractivity contribution in [1.29, 1.82) is 0 Å². The van der Waals surface area contributed by atoms with Crippen LogP contribution in [0.4, 0.5) is 13.2 Å². The molecule has 186 valence electrons. The number of nitrogens with one attached hydrogen (secondary N) is 2. The topological polar surface area (TPSA) is 114 Å². The number of carbonyl (C=O) groups is 1. The van der Waals surface area contributed by atoms with E-state index in [-0.39, 0.29) is 24.7 Å². The van der Waals surface area contributed by atoms with E-state index in [2.05, 4.69) is 15.0 Å². The molecule has 0 fully saturated rings. The van der Waals surface area contributed by atoms with Gasteiger partial charge in [0.1, 0.15) is 5.69 Å². The summed E-state index contributed by atoms with van der Waals surface area (Å²) < 4.78 is 64.0. The van der Waals surface area contributed by atoms with E-state index < -0.39 is 28.0 Å². The van der Waals surface area contributed by atoms with Crippen LogP contribution in [0.15, 0.2) is 60.7 Å². The van der Waals surface area contributed by atoms with Gasteiger partial charge < -0.3 is 5.32 Å². The largest absolute Gasteiger partial charge is 0.433 e. The quantitative estimate of drug-likeness (QED) is 0.431. The van der Waals surface area contributed by atoms with Crippen LogP contribution >= 0.6 is 0 Å². The fourth-order valence-electron chi connectivity index (χ4n) is 3.43. The second kappa shape index (κ2) is 10.5. The fourth-order valence-corrected chi connectivity index (χ4v) is 3.79. The monoisotopic (exact) mass is 506 g/mol. The van der Waals surface area contributed by atoms with Crippen molar-refractivity contribution in [1.82, 2.24) is 15.0 Å². The summed E-state index contributed by atoms with van der Waals surface area (Å²) in [7, 11) is -3.81. The summed E-state index contributed by atoms with van der Waals surface area (Å²) in [6.45, 7) is 3.53. The van der Waals surface area contributed by atoms with Crippen molar-refractivity contribution in [2.75, 3.05) is 0 Å². The van der Waals surface area contributed by atoms with Crippen LogP contribution in [0.2, 0.25) is 0 Å². The van der Waals surface area contributed by atoms with E-state index in [4.69, 9.17) is 5.14 Å². The van der Waals surface area contributed by atoms with Crippen LogP contribution in [0.25, 0.3) is 11.3 Å². The molecular weight excluding hydrogens is 481 g/mol. The van der Waals surface area contributed by atoms with Gasteiger partial charge in [-0.25, -0.2) is 10.1 Å². The van der Waals surface area contributed by atoms with Crippen LogP contribution < -0.4 is 15.2 Å². The van der Waals surface area contributed by atoms with Gasteiger partial charge in [0.2, 0.25) is 5.91 Å². The van der Waals surface area contributed by atoms with Crippen molar-refractivity contribution in [2.24, 2.45) is 5.14 Å². The Bertz CT molecular complexity index is 1310. The van der Waals surface area contributed by atoms with Gasteiger partial charge in [0.05, 0.1) is 11.6 Å². The molecule has 0 spiro atoms. The molecule has 0 aliphatic rings. The summed E-state index contributed by atoms with van der Waals surface area (Å²) >= 11 is 0. The second-order valence-electron chi connectivity index (χ2n) is 8.12. The molecule has 1 unspecified atom stereocenters. The first-order valence-corrected chi connectivity index (χ1v) is 12.2. The number of aromatic nitrogens is 1. The molecule has 3 aromatic rings. The Kier molecular flexibility index (Phi) is 7.93. The van der Waals surface area contributed by atoms with Crippen LogP contribution in [0.1, 0.15) is 40.8 Å². The maximum atomic E-state index is 13.3. The van der Waals surface area contributed by atoms with E-state index >= 15 is 0 Å². The Labute approximate surface area is 201 Å². The van der Waals surface area contributed by atoms with Crippen LogP contribution in [0, 0.1) is 6.92 Å². The summed E-state index contributed by atoms with van der Waals surface area (Å²) in [6, 6.07) is 15.9. The third kappa shape index (κ3) is 7.35. The molecule has 1 atom stereocenters. The molecule has 0 saturated heterocycles. The van der Waals surface area contributed by atoms with Crippen molar-refractivity contribution in [3.8, 4) is 11.3 Å². The molecule has 0 aliphatic carbocycles. The molecule has 0 aliphatic heterocycles. The fraction of sp³-hybridized carbons (Fsp3) is 0.250. The Morgan fingerprint density at radius 2 is 1.74 bits per heavy atom. The zero-order valence-corrected chi connectivity index (χ0v) is 19.9. The molecule has 35 heavy (non-hydrogen) atoms. The van der Waals surface area contributed by atoms with Crippen molar-refractivity contribution < 1.29 is 26.4 Å². The van der Waals surface area contributed by atoms with Crippen LogP contribution in [0.3, 0.4) is 0 Å². The van der Waals surface area contributed by atoms with Gasteiger partial charge in [0, 0.05) is 18.7 Å². The molecule has 7 nitrogen and oxygen atoms in total. The predicted molar refractivity (Wildman–Crippen MR) is 126 cm³/mol. The van der Waals surface area contributed by atoms with Gasteiger partial charge in [-0.05, 0) is 42.7 Å². The number of aryl methyl sites for hydroxylation is 1. The molecule has 0 radical (unpaired) electrons. The number of amides is 1. The minimum absolute atomic E-state index is 0.00600. The zero-order valence-electron chi connectivity index (χ0n) is 19.1. The SMILES string of the molecule is Cc1cccc(-c2nc(C(F)(F)F)ccc2CNC(=O)C(C)c2ccc(CNS(N)(=O)=O)cc2)c1. The van der Waals surface area contributed by atoms with Gasteiger partial charge in [-0.15, -0.1) is 0 Å². The molecule has 11 heteroatoms. The number of hydrogen-bond acceptors (Lipinski definition) is 4. The standard InChI is InChI=1S/C24H25F3N4O3S/c1-15-4-3-5-19(12-15)22-20(10-11-21(31-22)24(25,26)27)14-29-23(32)16(2)18-8-6-17(7-9-18)13-30-35(28,33)34/h3-12,16,30H,13-14H2,1-2H3,(H,29,32)(H2,28,33,34). The Hall–Kier alpha value is -3.28. The summed E-state index contributed by atoms with van der Waals surface area (Å²) in [5.74, 6) is -0.879. The third-order valence-electron chi connectivity index (χ3n) is 5.36. The van der Waals surface area contributed by atoms with E-state index in [1.807, 2.05) is 13.0 Å². The molecule has 1 aromatic heterocycles. The maximum absolute atomic E-state index is 13.3. The normalized spacial score (nSPS) is 12.9. The number of benzene rings is 2. The van der Waals surface area contributed by atoms with Gasteiger partial charge in [-0.3, -0.25) is 4.79 Å². The van der Waals surface area contributed by atoms with E-state index in [1.165, 1.54) is 6.07 Å². The Morgan fingerprint density at radius 3 is 2.34 bits per heavy atom. The van der Waals surface area contributed by atoms with Gasteiger partial charge in [-0.1, -0.05) is 54.1 Å². The first-order chi connectivity index (χ1) is 16.3. The predicted octanol–water partition coefficient (Wildman–Crippen LogP) is 3.79. The third-order valence-corrected chi connectivity index (χ3v) is 5.91. The highest BCUT2D eigenvalue weighted by Crippen LogP contribution is 2.31. The van der Waals surface area contributed by atoms with Gasteiger partial charge in [0.25, 0.3) is 10.2 Å². The summed E-state index contributed by atoms with van der Waals surface area (Å²) in [6.07, 6.45) is -4.59. The van der Waals surface area contributed by atoms with Crippen molar-refractivity contribution >= 4 is 16.1 Å². The number of carbonyl (C=O) groups excluding carboxylic acids is 1. The van der Waals surface area contributed by atoms with Crippen molar-refractivity contribution in [3.05, 3.63) is 88.6 Å². The number of pyridine rings is 1. The summed E-state index contributed by atoms with van der Waals surface area (Å²) in [5, 5.41) is 7.69. The number of nitrogens with zero attached hydrogens (tertiary/aromatic N) is 1. The summed E-state index contributed by atoms with van der Waals surface area (Å²) in [4.78, 5) is 16.6. The molecule has 1 amide bonds.